The fraction of sp³-hybridized carbons (Fsp3) is 0.278. The summed E-state index contributed by atoms with van der Waals surface area (Å²) < 4.78 is 27.5. The van der Waals surface area contributed by atoms with Gasteiger partial charge in [0, 0.05) is 17.4 Å². The molecule has 3 atom stereocenters. The summed E-state index contributed by atoms with van der Waals surface area (Å²) in [7, 11) is 0. The molecule has 3 rings (SSSR count). The predicted octanol–water partition coefficient (Wildman–Crippen LogP) is 2.92. The summed E-state index contributed by atoms with van der Waals surface area (Å²) in [6, 6.07) is 12.3. The van der Waals surface area contributed by atoms with E-state index in [1.54, 1.807) is 0 Å². The highest BCUT2D eigenvalue weighted by atomic mass is 19.1. The lowest BCUT2D eigenvalue weighted by atomic mass is 10.1. The predicted molar refractivity (Wildman–Crippen MR) is 81.6 cm³/mol. The minimum absolute atomic E-state index is 0.0205. The van der Waals surface area contributed by atoms with Crippen molar-refractivity contribution in [3.8, 4) is 0 Å². The molecule has 0 spiro atoms. The van der Waals surface area contributed by atoms with Gasteiger partial charge in [0.2, 0.25) is 5.91 Å². The van der Waals surface area contributed by atoms with Gasteiger partial charge < -0.3 is 10.4 Å². The summed E-state index contributed by atoms with van der Waals surface area (Å²) in [5, 5.41) is 12.2. The van der Waals surface area contributed by atoms with Gasteiger partial charge in [-0.05, 0) is 24.1 Å². The number of nitrogens with one attached hydrogen (secondary N) is 1. The third kappa shape index (κ3) is 3.24. The molecule has 3 nitrogen and oxygen atoms in total. The van der Waals surface area contributed by atoms with Gasteiger partial charge in [-0.25, -0.2) is 8.78 Å². The van der Waals surface area contributed by atoms with Crippen molar-refractivity contribution in [2.75, 3.05) is 6.61 Å². The smallest absolute Gasteiger partial charge is 0.224 e. The Labute approximate surface area is 133 Å². The number of carbonyl (C=O) groups is 1. The molecule has 0 bridgehead atoms. The molecular weight excluding hydrogens is 300 g/mol. The van der Waals surface area contributed by atoms with Crippen LogP contribution in [-0.4, -0.2) is 17.6 Å². The molecule has 1 amide bonds. The second-order valence-corrected chi connectivity index (χ2v) is 5.74. The Morgan fingerprint density at radius 1 is 1.13 bits per heavy atom. The molecule has 0 radical (unpaired) electrons. The van der Waals surface area contributed by atoms with Crippen LogP contribution in [0, 0.1) is 17.6 Å². The lowest BCUT2D eigenvalue weighted by Gasteiger charge is -2.16. The normalized spacial score (nSPS) is 20.8. The van der Waals surface area contributed by atoms with E-state index in [9.17, 15) is 18.7 Å². The number of halogens is 2. The van der Waals surface area contributed by atoms with Crippen LogP contribution in [0.1, 0.15) is 29.5 Å². The first-order chi connectivity index (χ1) is 11.1. The van der Waals surface area contributed by atoms with Crippen LogP contribution in [0.3, 0.4) is 0 Å². The van der Waals surface area contributed by atoms with E-state index in [2.05, 4.69) is 5.32 Å². The van der Waals surface area contributed by atoms with Crippen LogP contribution in [-0.2, 0) is 4.79 Å². The Bertz CT molecular complexity index is 685. The van der Waals surface area contributed by atoms with Crippen molar-refractivity contribution in [3.63, 3.8) is 0 Å². The van der Waals surface area contributed by atoms with Crippen molar-refractivity contribution < 1.29 is 18.7 Å². The Balaban J connectivity index is 1.69. The second-order valence-electron chi connectivity index (χ2n) is 5.74. The van der Waals surface area contributed by atoms with E-state index in [1.165, 1.54) is 18.2 Å². The molecule has 5 heteroatoms. The molecule has 3 unspecified atom stereocenters. The third-order valence-corrected chi connectivity index (χ3v) is 4.20. The summed E-state index contributed by atoms with van der Waals surface area (Å²) in [6.45, 7) is -0.235. The highest BCUT2D eigenvalue weighted by molar-refractivity contribution is 5.83. The molecule has 1 fully saturated rings. The number of amides is 1. The topological polar surface area (TPSA) is 49.3 Å². The summed E-state index contributed by atoms with van der Waals surface area (Å²) in [4.78, 5) is 12.3. The zero-order chi connectivity index (χ0) is 16.4. The zero-order valence-corrected chi connectivity index (χ0v) is 12.4. The van der Waals surface area contributed by atoms with Crippen molar-refractivity contribution in [1.82, 2.24) is 5.32 Å². The Morgan fingerprint density at radius 3 is 2.39 bits per heavy atom. The Morgan fingerprint density at radius 2 is 1.78 bits per heavy atom. The fourth-order valence-corrected chi connectivity index (χ4v) is 2.87. The van der Waals surface area contributed by atoms with Crippen LogP contribution >= 0.6 is 0 Å². The number of aliphatic hydroxyl groups excluding tert-OH is 1. The van der Waals surface area contributed by atoms with Gasteiger partial charge in [0.25, 0.3) is 0 Å². The van der Waals surface area contributed by atoms with E-state index in [4.69, 9.17) is 0 Å². The monoisotopic (exact) mass is 317 g/mol. The van der Waals surface area contributed by atoms with Gasteiger partial charge >= 0.3 is 0 Å². The molecule has 0 heterocycles. The van der Waals surface area contributed by atoms with Crippen molar-refractivity contribution in [2.24, 2.45) is 5.92 Å². The highest BCUT2D eigenvalue weighted by Crippen LogP contribution is 2.49. The summed E-state index contributed by atoms with van der Waals surface area (Å²) >= 11 is 0. The van der Waals surface area contributed by atoms with Crippen LogP contribution in [0.15, 0.2) is 48.5 Å². The first kappa shape index (κ1) is 15.6. The van der Waals surface area contributed by atoms with Crippen molar-refractivity contribution in [3.05, 3.63) is 71.3 Å². The standard InChI is InChI=1S/C18H17F2NO2/c19-14-7-4-8-15(20)17(14)12-9-13(12)18(23)21-16(10-22)11-5-2-1-3-6-11/h1-8,12-13,16,22H,9-10H2,(H,21,23). The van der Waals surface area contributed by atoms with E-state index in [1.807, 2.05) is 30.3 Å². The Kier molecular flexibility index (Phi) is 4.39. The number of hydrogen-bond acceptors (Lipinski definition) is 2. The number of carbonyl (C=O) groups excluding carboxylic acids is 1. The van der Waals surface area contributed by atoms with E-state index < -0.39 is 29.5 Å². The lowest BCUT2D eigenvalue weighted by molar-refractivity contribution is -0.123. The maximum Gasteiger partial charge on any atom is 0.224 e. The average molecular weight is 317 g/mol. The summed E-state index contributed by atoms with van der Waals surface area (Å²) in [6.07, 6.45) is 0.413. The van der Waals surface area contributed by atoms with E-state index in [-0.39, 0.29) is 18.1 Å². The first-order valence-corrected chi connectivity index (χ1v) is 7.52. The lowest BCUT2D eigenvalue weighted by Crippen LogP contribution is -2.32. The van der Waals surface area contributed by atoms with Crippen LogP contribution < -0.4 is 5.32 Å². The third-order valence-electron chi connectivity index (χ3n) is 4.20. The van der Waals surface area contributed by atoms with E-state index in [0.29, 0.717) is 6.42 Å². The van der Waals surface area contributed by atoms with Gasteiger partial charge in [-0.1, -0.05) is 36.4 Å². The van der Waals surface area contributed by atoms with Crippen LogP contribution in [0.25, 0.3) is 0 Å². The van der Waals surface area contributed by atoms with E-state index in [0.717, 1.165) is 5.56 Å². The second kappa shape index (κ2) is 6.46. The number of rotatable bonds is 5. The maximum absolute atomic E-state index is 13.8. The minimum atomic E-state index is -0.618. The number of hydrogen-bond donors (Lipinski definition) is 2. The molecule has 1 aliphatic carbocycles. The average Bonchev–Trinajstić information content (AvgIpc) is 3.33. The van der Waals surface area contributed by atoms with Crippen molar-refractivity contribution in [1.29, 1.82) is 0 Å². The van der Waals surface area contributed by atoms with Gasteiger partial charge in [0.1, 0.15) is 11.6 Å². The molecule has 23 heavy (non-hydrogen) atoms. The molecule has 2 aromatic rings. The van der Waals surface area contributed by atoms with Gasteiger partial charge in [-0.2, -0.15) is 0 Å². The molecular formula is C18H17F2NO2. The zero-order valence-electron chi connectivity index (χ0n) is 12.4. The van der Waals surface area contributed by atoms with Crippen LogP contribution in [0.5, 0.6) is 0 Å². The largest absolute Gasteiger partial charge is 0.394 e. The molecule has 1 saturated carbocycles. The minimum Gasteiger partial charge on any atom is -0.394 e. The van der Waals surface area contributed by atoms with Gasteiger partial charge in [-0.15, -0.1) is 0 Å². The Hall–Kier alpha value is -2.27. The summed E-state index contributed by atoms with van der Waals surface area (Å²) in [5.74, 6) is -2.43. The van der Waals surface area contributed by atoms with E-state index >= 15 is 0 Å². The molecule has 120 valence electrons. The van der Waals surface area contributed by atoms with Crippen LogP contribution in [0.4, 0.5) is 8.78 Å². The molecule has 0 saturated heterocycles. The van der Waals surface area contributed by atoms with Crippen LogP contribution in [0.2, 0.25) is 0 Å². The summed E-state index contributed by atoms with van der Waals surface area (Å²) in [5.41, 5.74) is 0.769. The molecule has 2 N–H and O–H groups in total. The maximum atomic E-state index is 13.8. The molecule has 0 aromatic heterocycles. The fourth-order valence-electron chi connectivity index (χ4n) is 2.87. The van der Waals surface area contributed by atoms with Crippen molar-refractivity contribution in [2.45, 2.75) is 18.4 Å². The molecule has 0 aliphatic heterocycles. The van der Waals surface area contributed by atoms with Gasteiger partial charge in [0.15, 0.2) is 0 Å². The quantitative estimate of drug-likeness (QED) is 0.891. The number of benzene rings is 2. The van der Waals surface area contributed by atoms with Crippen molar-refractivity contribution >= 4 is 5.91 Å². The molecule has 1 aliphatic rings. The number of aliphatic hydroxyl groups is 1. The van der Waals surface area contributed by atoms with Gasteiger partial charge in [0.05, 0.1) is 12.6 Å². The molecule has 2 aromatic carbocycles. The SMILES string of the molecule is O=C(NC(CO)c1ccccc1)C1CC1c1c(F)cccc1F. The highest BCUT2D eigenvalue weighted by Gasteiger charge is 2.47. The van der Waals surface area contributed by atoms with Gasteiger partial charge in [-0.3, -0.25) is 4.79 Å². The first-order valence-electron chi connectivity index (χ1n) is 7.52.